The molecule has 0 radical (unpaired) electrons. The summed E-state index contributed by atoms with van der Waals surface area (Å²) in [6.45, 7) is 7.20. The van der Waals surface area contributed by atoms with Gasteiger partial charge in [-0.25, -0.2) is 0 Å². The van der Waals surface area contributed by atoms with Crippen LogP contribution >= 0.6 is 33.1 Å². The van der Waals surface area contributed by atoms with Gasteiger partial charge in [0.25, 0.3) is 0 Å². The van der Waals surface area contributed by atoms with Crippen LogP contribution in [-0.4, -0.2) is 33.3 Å². The molecule has 0 unspecified atom stereocenters. The van der Waals surface area contributed by atoms with Crippen molar-refractivity contribution in [1.29, 1.82) is 0 Å². The Morgan fingerprint density at radius 2 is 1.54 bits per heavy atom. The van der Waals surface area contributed by atoms with Crippen LogP contribution in [0.4, 0.5) is 0 Å². The first kappa shape index (κ1) is 12.2. The molecule has 13 heavy (non-hydrogen) atoms. The smallest absolute Gasteiger partial charge is 0.251 e. The average Bonchev–Trinajstić information content (AvgIpc) is 2.04. The minimum Gasteiger partial charge on any atom is -0.251 e. The molecule has 0 atom stereocenters. The van der Waals surface area contributed by atoms with Crippen LogP contribution in [0.15, 0.2) is 0 Å². The fourth-order valence-corrected chi connectivity index (χ4v) is 8.86. The lowest BCUT2D eigenvalue weighted by Gasteiger charge is -2.49. The van der Waals surface area contributed by atoms with E-state index in [0.29, 0.717) is 4.75 Å². The third-order valence-corrected chi connectivity index (χ3v) is 13.1. The van der Waals surface area contributed by atoms with Gasteiger partial charge in [0.05, 0.1) is 0 Å². The van der Waals surface area contributed by atoms with Crippen LogP contribution in [0.2, 0.25) is 0 Å². The molecule has 0 saturated carbocycles. The van der Waals surface area contributed by atoms with Crippen molar-refractivity contribution in [3.05, 3.63) is 0 Å². The van der Waals surface area contributed by atoms with Crippen molar-refractivity contribution >= 4 is 37.7 Å². The van der Waals surface area contributed by atoms with Gasteiger partial charge in [-0.15, -0.1) is 0 Å². The van der Waals surface area contributed by atoms with Crippen molar-refractivity contribution in [3.63, 3.8) is 0 Å². The number of rotatable bonds is 1. The first-order chi connectivity index (χ1) is 5.86. The molecule has 0 bridgehead atoms. The van der Waals surface area contributed by atoms with Crippen molar-refractivity contribution in [2.24, 2.45) is 0 Å². The molecule has 0 aliphatic carbocycles. The van der Waals surface area contributed by atoms with Crippen LogP contribution in [0, 0.1) is 0 Å². The minimum atomic E-state index is -0.474. The molecule has 1 fully saturated rings. The van der Waals surface area contributed by atoms with Gasteiger partial charge in [0.15, 0.2) is 0 Å². The van der Waals surface area contributed by atoms with Gasteiger partial charge in [-0.05, 0) is 35.2 Å². The zero-order chi connectivity index (χ0) is 10.1. The van der Waals surface area contributed by atoms with Gasteiger partial charge < -0.3 is 0 Å². The summed E-state index contributed by atoms with van der Waals surface area (Å²) in [7, 11) is -0.474. The van der Waals surface area contributed by atoms with Crippen LogP contribution in [-0.2, 0) is 0 Å². The lowest BCUT2D eigenvalue weighted by Crippen LogP contribution is -2.33. The predicted molar refractivity (Wildman–Crippen MR) is 74.5 cm³/mol. The van der Waals surface area contributed by atoms with Crippen LogP contribution in [0.3, 0.4) is 0 Å². The maximum absolute atomic E-state index is 2.50. The second-order valence-electron chi connectivity index (χ2n) is 4.90. The highest BCUT2D eigenvalue weighted by molar-refractivity contribution is 8.87. The molecule has 0 aromatic carbocycles. The Bertz CT molecular complexity index is 168. The normalized spacial score (nSPS) is 21.8. The Balaban J connectivity index is 2.67. The first-order valence-electron chi connectivity index (χ1n) is 4.81. The summed E-state index contributed by atoms with van der Waals surface area (Å²) in [5.74, 6) is 2.76. The molecule has 4 heteroatoms. The van der Waals surface area contributed by atoms with Gasteiger partial charge in [0, 0.05) is 0 Å². The topological polar surface area (TPSA) is 0 Å². The number of hydrogen-bond donors (Lipinski definition) is 0. The molecule has 0 aromatic heterocycles. The van der Waals surface area contributed by atoms with Crippen molar-refractivity contribution in [2.45, 2.75) is 31.9 Å². The molecule has 1 saturated heterocycles. The standard InChI is InChI=1S/C9H21BS3/c1-9(2,3)13(4,5)10-11-7-6-8-12-10/h6-8H2,1-5H3. The molecule has 1 aliphatic heterocycles. The van der Waals surface area contributed by atoms with E-state index in [1.807, 2.05) is 0 Å². The molecular weight excluding hydrogens is 215 g/mol. The lowest BCUT2D eigenvalue weighted by atomic mass is 10.3. The summed E-state index contributed by atoms with van der Waals surface area (Å²) in [5, 5.41) is 0. The Morgan fingerprint density at radius 3 is 1.92 bits per heavy atom. The van der Waals surface area contributed by atoms with Crippen LogP contribution in [0.5, 0.6) is 0 Å². The molecule has 0 amide bonds. The summed E-state index contributed by atoms with van der Waals surface area (Å²) in [5.41, 5.74) is 0. The van der Waals surface area contributed by atoms with Crippen LogP contribution in [0.25, 0.3) is 0 Å². The second-order valence-corrected chi connectivity index (χ2v) is 12.7. The lowest BCUT2D eigenvalue weighted by molar-refractivity contribution is 0.796. The largest absolute Gasteiger partial charge is 0.325 e. The molecule has 0 nitrogen and oxygen atoms in total. The maximum atomic E-state index is 2.50. The van der Waals surface area contributed by atoms with E-state index >= 15 is 0 Å². The monoisotopic (exact) mass is 236 g/mol. The van der Waals surface area contributed by atoms with Gasteiger partial charge in [0.1, 0.15) is 0 Å². The van der Waals surface area contributed by atoms with Crippen LogP contribution < -0.4 is 0 Å². The summed E-state index contributed by atoms with van der Waals surface area (Å²) >= 11 is 4.39. The van der Waals surface area contributed by atoms with Gasteiger partial charge >= 0.3 is 4.55 Å². The maximum Gasteiger partial charge on any atom is 0.325 e. The van der Waals surface area contributed by atoms with Crippen molar-refractivity contribution in [3.8, 4) is 0 Å². The third-order valence-electron chi connectivity index (χ3n) is 2.86. The van der Waals surface area contributed by atoms with E-state index in [-0.39, 0.29) is 0 Å². The van der Waals surface area contributed by atoms with E-state index in [2.05, 4.69) is 56.5 Å². The van der Waals surface area contributed by atoms with Gasteiger partial charge in [-0.1, -0.05) is 20.8 Å². The van der Waals surface area contributed by atoms with E-state index in [9.17, 15) is 0 Å². The highest BCUT2D eigenvalue weighted by Crippen LogP contribution is 2.61. The molecule has 0 N–H and O–H groups in total. The highest BCUT2D eigenvalue weighted by atomic mass is 32.3. The SMILES string of the molecule is CC(C)(C)S(C)(C)B1SCCCS1. The van der Waals surface area contributed by atoms with Crippen molar-refractivity contribution < 1.29 is 0 Å². The van der Waals surface area contributed by atoms with Gasteiger partial charge in [-0.3, -0.25) is 9.88 Å². The molecule has 78 valence electrons. The Kier molecular flexibility index (Phi) is 4.05. The quantitative estimate of drug-likeness (QED) is 0.637. The fourth-order valence-electron chi connectivity index (χ4n) is 1.10. The molecule has 0 spiro atoms. The minimum absolute atomic E-state index is 0.474. The van der Waals surface area contributed by atoms with E-state index in [1.165, 1.54) is 17.9 Å². The fraction of sp³-hybridized carbons (Fsp3) is 1.00. The number of hydrogen-bond acceptors (Lipinski definition) is 2. The van der Waals surface area contributed by atoms with Crippen LogP contribution in [0.1, 0.15) is 27.2 Å². The Labute approximate surface area is 93.5 Å². The second kappa shape index (κ2) is 4.32. The molecule has 1 rings (SSSR count). The third kappa shape index (κ3) is 2.79. The molecular formula is C9H21BS3. The van der Waals surface area contributed by atoms with E-state index in [0.717, 1.165) is 4.55 Å². The Hall–Kier alpha value is 1.11. The van der Waals surface area contributed by atoms with Gasteiger partial charge in [0.2, 0.25) is 0 Å². The average molecular weight is 236 g/mol. The van der Waals surface area contributed by atoms with Crippen molar-refractivity contribution in [2.75, 3.05) is 24.0 Å². The zero-order valence-electron chi connectivity index (χ0n) is 9.42. The first-order valence-corrected chi connectivity index (χ1v) is 9.42. The Morgan fingerprint density at radius 1 is 1.08 bits per heavy atom. The van der Waals surface area contributed by atoms with E-state index < -0.39 is 9.88 Å². The van der Waals surface area contributed by atoms with Gasteiger partial charge in [-0.2, -0.15) is 23.2 Å². The summed E-state index contributed by atoms with van der Waals surface area (Å²) in [4.78, 5) is 0. The predicted octanol–water partition coefficient (Wildman–Crippen LogP) is 3.70. The summed E-state index contributed by atoms with van der Waals surface area (Å²) in [6, 6.07) is 0. The molecule has 1 aliphatic rings. The zero-order valence-corrected chi connectivity index (χ0v) is 11.9. The highest BCUT2D eigenvalue weighted by Gasteiger charge is 2.40. The van der Waals surface area contributed by atoms with E-state index in [4.69, 9.17) is 0 Å². The van der Waals surface area contributed by atoms with Crippen molar-refractivity contribution in [1.82, 2.24) is 0 Å². The summed E-state index contributed by atoms with van der Waals surface area (Å²) in [6.07, 6.45) is 6.41. The molecule has 0 aromatic rings. The summed E-state index contributed by atoms with van der Waals surface area (Å²) < 4.78 is 1.37. The molecule has 1 heterocycles. The van der Waals surface area contributed by atoms with E-state index in [1.54, 1.807) is 0 Å².